The Morgan fingerprint density at radius 2 is 1.96 bits per heavy atom. The summed E-state index contributed by atoms with van der Waals surface area (Å²) < 4.78 is 26.7. The van der Waals surface area contributed by atoms with E-state index in [0.717, 1.165) is 48.4 Å². The van der Waals surface area contributed by atoms with E-state index in [1.807, 2.05) is 24.8 Å². The van der Waals surface area contributed by atoms with E-state index in [9.17, 15) is 24.2 Å². The number of aliphatic hydroxyl groups is 1. The van der Waals surface area contributed by atoms with Crippen molar-refractivity contribution >= 4 is 27.5 Å². The van der Waals surface area contributed by atoms with Crippen LogP contribution in [0.2, 0.25) is 0 Å². The highest BCUT2D eigenvalue weighted by Crippen LogP contribution is 2.33. The molecule has 0 radical (unpaired) electrons. The fourth-order valence-corrected chi connectivity index (χ4v) is 7.28. The number of likely N-dealkylation sites (tertiary alicyclic amines) is 1. The number of carbonyl (C=O) groups excluding carboxylic acids is 1. The van der Waals surface area contributed by atoms with E-state index in [2.05, 4.69) is 20.4 Å². The number of hydrogen-bond acceptors (Lipinski definition) is 10. The highest BCUT2D eigenvalue weighted by atomic mass is 32.1. The molecule has 2 aliphatic heterocycles. The first kappa shape index (κ1) is 32.3. The van der Waals surface area contributed by atoms with Gasteiger partial charge >= 0.3 is 4.87 Å². The number of carbonyl (C=O) groups is 1. The summed E-state index contributed by atoms with van der Waals surface area (Å²) in [7, 11) is 0. The largest absolute Gasteiger partial charge is 0.506 e. The van der Waals surface area contributed by atoms with E-state index in [0.29, 0.717) is 66.4 Å². The van der Waals surface area contributed by atoms with Gasteiger partial charge in [-0.05, 0) is 55.1 Å². The van der Waals surface area contributed by atoms with E-state index < -0.39 is 11.7 Å². The Balaban J connectivity index is 0.989. The van der Waals surface area contributed by atoms with Gasteiger partial charge in [-0.2, -0.15) is 0 Å². The molecule has 2 saturated heterocycles. The zero-order valence-corrected chi connectivity index (χ0v) is 26.9. The summed E-state index contributed by atoms with van der Waals surface area (Å²) in [6.45, 7) is 8.43. The second-order valence-corrected chi connectivity index (χ2v) is 13.6. The van der Waals surface area contributed by atoms with E-state index in [1.165, 1.54) is 12.1 Å². The Morgan fingerprint density at radius 3 is 2.72 bits per heavy atom. The van der Waals surface area contributed by atoms with Crippen LogP contribution in [0, 0.1) is 5.82 Å². The van der Waals surface area contributed by atoms with E-state index >= 15 is 0 Å². The SMILES string of the molecule is CC(C)c1cc(C(=O)N2CCOC3(CCN(Cc4cc(F)cc(CCNCC(O)c5ccc(O)c6[nH]c(=O)sc56)c4)CC3)C2)no1. The van der Waals surface area contributed by atoms with Gasteiger partial charge in [-0.25, -0.2) is 4.39 Å². The van der Waals surface area contributed by atoms with Gasteiger partial charge in [-0.3, -0.25) is 14.5 Å². The Morgan fingerprint density at radius 1 is 1.17 bits per heavy atom. The average Bonchev–Trinajstić information content (AvgIpc) is 3.68. The number of aliphatic hydroxyl groups excluding tert-OH is 1. The predicted molar refractivity (Wildman–Crippen MR) is 172 cm³/mol. The summed E-state index contributed by atoms with van der Waals surface area (Å²) in [4.78, 5) is 31.3. The van der Waals surface area contributed by atoms with E-state index in [1.54, 1.807) is 18.2 Å². The molecule has 2 fully saturated rings. The number of halogens is 1. The van der Waals surface area contributed by atoms with Crippen LogP contribution in [0.5, 0.6) is 5.75 Å². The highest BCUT2D eigenvalue weighted by molar-refractivity contribution is 7.16. The minimum atomic E-state index is -0.876. The van der Waals surface area contributed by atoms with Crippen LogP contribution < -0.4 is 10.2 Å². The molecule has 4 aromatic rings. The fraction of sp³-hybridized carbons (Fsp3) is 0.485. The maximum Gasteiger partial charge on any atom is 0.305 e. The van der Waals surface area contributed by atoms with Crippen molar-refractivity contribution in [2.45, 2.75) is 57.3 Å². The Kier molecular flexibility index (Phi) is 9.57. The van der Waals surface area contributed by atoms with Crippen LogP contribution in [0.4, 0.5) is 4.39 Å². The van der Waals surface area contributed by atoms with Crippen molar-refractivity contribution in [2.24, 2.45) is 0 Å². The van der Waals surface area contributed by atoms with Crippen molar-refractivity contribution < 1.29 is 28.7 Å². The van der Waals surface area contributed by atoms with Gasteiger partial charge in [0.15, 0.2) is 5.69 Å². The van der Waals surface area contributed by atoms with Gasteiger partial charge < -0.3 is 34.7 Å². The summed E-state index contributed by atoms with van der Waals surface area (Å²) in [6, 6.07) is 9.94. The standard InChI is InChI=1S/C33H40FN5O6S/c1-20(2)28-16-25(37-45-28)31(42)39-11-12-44-33(19-39)6-9-38(10-7-33)18-22-13-21(14-23(34)15-22)5-8-35-17-27(41)24-3-4-26(40)29-30(24)46-32(43)36-29/h3-4,13-16,20,27,35,40-41H,5-12,17-19H2,1-2H3,(H,36,43). The number of nitrogens with zero attached hydrogens (tertiary/aromatic N) is 3. The number of ether oxygens (including phenoxy) is 1. The number of aromatic amines is 1. The van der Waals surface area contributed by atoms with Gasteiger partial charge in [0.25, 0.3) is 5.91 Å². The van der Waals surface area contributed by atoms with E-state index in [-0.39, 0.29) is 34.8 Å². The number of thiazole rings is 1. The van der Waals surface area contributed by atoms with Crippen molar-refractivity contribution in [1.82, 2.24) is 25.3 Å². The molecule has 6 rings (SSSR count). The Bertz CT molecular complexity index is 1740. The quantitative estimate of drug-likeness (QED) is 0.187. The van der Waals surface area contributed by atoms with Crippen LogP contribution in [-0.4, -0.2) is 87.5 Å². The molecular formula is C33H40FN5O6S. The van der Waals surface area contributed by atoms with Gasteiger partial charge in [-0.1, -0.05) is 42.5 Å². The number of phenols is 1. The Labute approximate surface area is 270 Å². The normalized spacial score (nSPS) is 17.7. The summed E-state index contributed by atoms with van der Waals surface area (Å²) in [5.41, 5.74) is 2.58. The maximum absolute atomic E-state index is 14.6. The van der Waals surface area contributed by atoms with Crippen LogP contribution in [0.15, 0.2) is 45.7 Å². The van der Waals surface area contributed by atoms with E-state index in [4.69, 9.17) is 9.26 Å². The first-order chi connectivity index (χ1) is 22.1. The van der Waals surface area contributed by atoms with Gasteiger partial charge in [0, 0.05) is 50.3 Å². The Hall–Kier alpha value is -3.62. The topological polar surface area (TPSA) is 144 Å². The lowest BCUT2D eigenvalue weighted by atomic mass is 9.89. The molecule has 2 aromatic carbocycles. The number of phenolic OH excluding ortho intramolecular Hbond substituents is 1. The van der Waals surface area contributed by atoms with Gasteiger partial charge in [0.05, 0.1) is 29.6 Å². The molecule has 2 aliphatic rings. The molecular weight excluding hydrogens is 613 g/mol. The zero-order valence-electron chi connectivity index (χ0n) is 26.1. The number of piperidine rings is 1. The van der Waals surface area contributed by atoms with Crippen molar-refractivity contribution in [3.8, 4) is 5.75 Å². The zero-order chi connectivity index (χ0) is 32.4. The molecule has 1 spiro atoms. The van der Waals surface area contributed by atoms with Crippen LogP contribution in [-0.2, 0) is 17.7 Å². The molecule has 0 aliphatic carbocycles. The number of H-pyrrole nitrogens is 1. The molecule has 2 aromatic heterocycles. The monoisotopic (exact) mass is 653 g/mol. The smallest absolute Gasteiger partial charge is 0.305 e. The third kappa shape index (κ3) is 7.18. The number of morpholine rings is 1. The van der Waals surface area contributed by atoms with Crippen LogP contribution >= 0.6 is 11.3 Å². The number of aromatic hydroxyl groups is 1. The number of rotatable bonds is 10. The van der Waals surface area contributed by atoms with Crippen LogP contribution in [0.25, 0.3) is 10.2 Å². The summed E-state index contributed by atoms with van der Waals surface area (Å²) in [5.74, 6) is 0.402. The lowest BCUT2D eigenvalue weighted by molar-refractivity contribution is -0.128. The molecule has 1 unspecified atom stereocenters. The second-order valence-electron chi connectivity index (χ2n) is 12.6. The van der Waals surface area contributed by atoms with Crippen molar-refractivity contribution in [1.29, 1.82) is 0 Å². The first-order valence-electron chi connectivity index (χ1n) is 15.7. The predicted octanol–water partition coefficient (Wildman–Crippen LogP) is 3.92. The van der Waals surface area contributed by atoms with Crippen LogP contribution in [0.3, 0.4) is 0 Å². The molecule has 4 N–H and O–H groups in total. The molecule has 46 heavy (non-hydrogen) atoms. The molecule has 1 atom stereocenters. The highest BCUT2D eigenvalue weighted by Gasteiger charge is 2.41. The minimum absolute atomic E-state index is 0.0343. The molecule has 13 heteroatoms. The number of amides is 1. The summed E-state index contributed by atoms with van der Waals surface area (Å²) >= 11 is 0.950. The lowest BCUT2D eigenvalue weighted by Gasteiger charge is -2.47. The number of hydrogen-bond donors (Lipinski definition) is 4. The van der Waals surface area contributed by atoms with Crippen molar-refractivity contribution in [3.63, 3.8) is 0 Å². The minimum Gasteiger partial charge on any atom is -0.506 e. The third-order valence-corrected chi connectivity index (χ3v) is 9.85. The fourth-order valence-electron chi connectivity index (χ4n) is 6.36. The molecule has 0 bridgehead atoms. The number of aromatic nitrogens is 2. The van der Waals surface area contributed by atoms with Gasteiger partial charge in [0.2, 0.25) is 0 Å². The second kappa shape index (κ2) is 13.6. The summed E-state index contributed by atoms with van der Waals surface area (Å²) in [6.07, 6.45) is 1.24. The van der Waals surface area contributed by atoms with Gasteiger partial charge in [0.1, 0.15) is 22.8 Å². The first-order valence-corrected chi connectivity index (χ1v) is 16.5. The number of benzene rings is 2. The number of fused-ring (bicyclic) bond motifs is 1. The van der Waals surface area contributed by atoms with Crippen molar-refractivity contribution in [3.05, 3.63) is 80.0 Å². The molecule has 1 amide bonds. The average molecular weight is 654 g/mol. The molecule has 246 valence electrons. The lowest BCUT2D eigenvalue weighted by Crippen LogP contribution is -2.58. The molecule has 4 heterocycles. The van der Waals surface area contributed by atoms with Crippen molar-refractivity contribution in [2.75, 3.05) is 45.9 Å². The van der Waals surface area contributed by atoms with Crippen LogP contribution in [0.1, 0.15) is 71.7 Å². The number of nitrogens with one attached hydrogen (secondary N) is 2. The molecule has 0 saturated carbocycles. The van der Waals surface area contributed by atoms with Gasteiger partial charge in [-0.15, -0.1) is 0 Å². The molecule has 11 nitrogen and oxygen atoms in total. The third-order valence-electron chi connectivity index (χ3n) is 8.92. The maximum atomic E-state index is 14.6. The summed E-state index contributed by atoms with van der Waals surface area (Å²) in [5, 5.41) is 28.0.